The first-order chi connectivity index (χ1) is 14.2. The van der Waals surface area contributed by atoms with Gasteiger partial charge >= 0.3 is 0 Å². The summed E-state index contributed by atoms with van der Waals surface area (Å²) < 4.78 is 1.58. The molecule has 6 nitrogen and oxygen atoms in total. The second-order valence-corrected chi connectivity index (χ2v) is 7.12. The Morgan fingerprint density at radius 2 is 1.97 bits per heavy atom. The van der Waals surface area contributed by atoms with Crippen molar-refractivity contribution in [3.05, 3.63) is 83.7 Å². The van der Waals surface area contributed by atoms with Crippen LogP contribution in [0.4, 0.5) is 5.69 Å². The van der Waals surface area contributed by atoms with Gasteiger partial charge in [-0.3, -0.25) is 4.84 Å². The van der Waals surface area contributed by atoms with E-state index in [0.717, 1.165) is 28.9 Å². The minimum Gasteiger partial charge on any atom is -0.273 e. The quantitative estimate of drug-likeness (QED) is 0.524. The predicted molar refractivity (Wildman–Crippen MR) is 110 cm³/mol. The van der Waals surface area contributed by atoms with Crippen molar-refractivity contribution in [3.63, 3.8) is 0 Å². The Kier molecular flexibility index (Phi) is 4.23. The predicted octanol–water partition coefficient (Wildman–Crippen LogP) is 4.46. The lowest BCUT2D eigenvalue weighted by atomic mass is 10.0. The van der Waals surface area contributed by atoms with E-state index < -0.39 is 0 Å². The largest absolute Gasteiger partial charge is 0.273 e. The molecule has 2 aromatic heterocycles. The van der Waals surface area contributed by atoms with E-state index in [2.05, 4.69) is 59.5 Å². The number of nitrogens with zero attached hydrogens (tertiary/aromatic N) is 5. The Labute approximate surface area is 168 Å². The van der Waals surface area contributed by atoms with Crippen LogP contribution in [0.2, 0.25) is 0 Å². The van der Waals surface area contributed by atoms with Gasteiger partial charge in [-0.25, -0.2) is 14.6 Å². The fraction of sp³-hybridized carbons (Fsp3) is 0.174. The van der Waals surface area contributed by atoms with E-state index in [1.54, 1.807) is 4.52 Å². The molecule has 1 fully saturated rings. The molecule has 2 aromatic carbocycles. The third kappa shape index (κ3) is 3.02. The highest BCUT2D eigenvalue weighted by atomic mass is 16.7. The maximum absolute atomic E-state index is 9.27. The molecular weight excluding hydrogens is 362 g/mol. The highest BCUT2D eigenvalue weighted by Gasteiger charge is 2.29. The van der Waals surface area contributed by atoms with Crippen LogP contribution in [0.1, 0.15) is 29.3 Å². The first kappa shape index (κ1) is 17.4. The number of aryl methyl sites for hydroxylation is 1. The average molecular weight is 381 g/mol. The lowest BCUT2D eigenvalue weighted by Gasteiger charge is -2.27. The molecule has 0 amide bonds. The number of hydrogen-bond acceptors (Lipinski definition) is 5. The maximum atomic E-state index is 9.27. The molecule has 1 atom stereocenters. The molecule has 29 heavy (non-hydrogen) atoms. The summed E-state index contributed by atoms with van der Waals surface area (Å²) in [5.74, 6) is 0. The van der Waals surface area contributed by atoms with Crippen LogP contribution in [-0.4, -0.2) is 21.2 Å². The van der Waals surface area contributed by atoms with Gasteiger partial charge in [0.25, 0.3) is 0 Å². The van der Waals surface area contributed by atoms with Gasteiger partial charge in [-0.1, -0.05) is 42.5 Å². The number of aromatic nitrogens is 3. The van der Waals surface area contributed by atoms with E-state index in [-0.39, 0.29) is 6.04 Å². The summed E-state index contributed by atoms with van der Waals surface area (Å²) in [6.07, 6.45) is 2.48. The van der Waals surface area contributed by atoms with E-state index in [9.17, 15) is 5.26 Å². The van der Waals surface area contributed by atoms with E-state index in [1.807, 2.05) is 29.3 Å². The van der Waals surface area contributed by atoms with Crippen LogP contribution < -0.4 is 5.06 Å². The van der Waals surface area contributed by atoms with Crippen molar-refractivity contribution >= 4 is 11.3 Å². The standard InChI is InChI=1S/C23H19N5O/c1-16-7-8-18(20-9-10-23-25-15-19(14-24)27(23)26-20)13-22(16)28-21(11-12-29-28)17-5-3-2-4-6-17/h2-10,13,15,21H,11-12H2,1H3/t21-/m0/s1. The van der Waals surface area contributed by atoms with Crippen molar-refractivity contribution < 1.29 is 4.84 Å². The summed E-state index contributed by atoms with van der Waals surface area (Å²) >= 11 is 0. The van der Waals surface area contributed by atoms with Gasteiger partial charge in [-0.15, -0.1) is 0 Å². The topological polar surface area (TPSA) is 66.5 Å². The first-order valence-corrected chi connectivity index (χ1v) is 9.57. The Balaban J connectivity index is 1.56. The zero-order valence-electron chi connectivity index (χ0n) is 16.0. The van der Waals surface area contributed by atoms with Gasteiger partial charge in [0.2, 0.25) is 0 Å². The second-order valence-electron chi connectivity index (χ2n) is 7.12. The van der Waals surface area contributed by atoms with Crippen LogP contribution in [0, 0.1) is 18.3 Å². The summed E-state index contributed by atoms with van der Waals surface area (Å²) in [4.78, 5) is 10.2. The molecule has 0 bridgehead atoms. The Bertz CT molecular complexity index is 1230. The molecule has 1 aliphatic heterocycles. The number of hydrogen-bond donors (Lipinski definition) is 0. The molecule has 0 radical (unpaired) electrons. The van der Waals surface area contributed by atoms with E-state index in [0.29, 0.717) is 17.9 Å². The summed E-state index contributed by atoms with van der Waals surface area (Å²) in [6.45, 7) is 2.77. The van der Waals surface area contributed by atoms with Crippen LogP contribution in [0.3, 0.4) is 0 Å². The smallest absolute Gasteiger partial charge is 0.162 e. The third-order valence-corrected chi connectivity index (χ3v) is 5.31. The molecule has 0 aliphatic carbocycles. The summed E-state index contributed by atoms with van der Waals surface area (Å²) in [5.41, 5.74) is 6.23. The van der Waals surface area contributed by atoms with E-state index in [4.69, 9.17) is 4.84 Å². The summed E-state index contributed by atoms with van der Waals surface area (Å²) in [5, 5.41) is 15.9. The summed E-state index contributed by atoms with van der Waals surface area (Å²) in [6, 6.07) is 22.8. The summed E-state index contributed by atoms with van der Waals surface area (Å²) in [7, 11) is 0. The molecule has 1 aliphatic rings. The first-order valence-electron chi connectivity index (χ1n) is 9.57. The SMILES string of the molecule is Cc1ccc(-c2ccc3ncc(C#N)n3n2)cc1N1OCC[C@H]1c1ccccc1. The lowest BCUT2D eigenvalue weighted by Crippen LogP contribution is -2.22. The molecule has 0 spiro atoms. The molecule has 5 rings (SSSR count). The average Bonchev–Trinajstić information content (AvgIpc) is 3.41. The maximum Gasteiger partial charge on any atom is 0.162 e. The monoisotopic (exact) mass is 381 g/mol. The zero-order valence-corrected chi connectivity index (χ0v) is 16.0. The number of anilines is 1. The Hall–Kier alpha value is -3.69. The molecule has 3 heterocycles. The van der Waals surface area contributed by atoms with Crippen LogP contribution in [0.15, 0.2) is 66.9 Å². The minimum absolute atomic E-state index is 0.180. The second kappa shape index (κ2) is 7.04. The number of hydroxylamine groups is 1. The molecule has 0 saturated carbocycles. The van der Waals surface area contributed by atoms with Gasteiger partial charge in [-0.05, 0) is 36.2 Å². The number of rotatable bonds is 3. The molecule has 4 aromatic rings. The van der Waals surface area contributed by atoms with Crippen molar-refractivity contribution in [2.24, 2.45) is 0 Å². The number of nitriles is 1. The molecule has 0 N–H and O–H groups in total. The van der Waals surface area contributed by atoms with Crippen LogP contribution in [0.5, 0.6) is 0 Å². The van der Waals surface area contributed by atoms with Crippen molar-refractivity contribution in [1.29, 1.82) is 5.26 Å². The van der Waals surface area contributed by atoms with Gasteiger partial charge in [0.15, 0.2) is 11.3 Å². The van der Waals surface area contributed by atoms with Gasteiger partial charge < -0.3 is 0 Å². The number of benzene rings is 2. The fourth-order valence-electron chi connectivity index (χ4n) is 3.79. The molecular formula is C23H19N5O. The molecule has 6 heteroatoms. The van der Waals surface area contributed by atoms with Crippen LogP contribution >= 0.6 is 0 Å². The van der Waals surface area contributed by atoms with Crippen molar-refractivity contribution in [2.75, 3.05) is 11.7 Å². The Morgan fingerprint density at radius 1 is 1.10 bits per heavy atom. The highest BCUT2D eigenvalue weighted by Crippen LogP contribution is 2.38. The van der Waals surface area contributed by atoms with Crippen molar-refractivity contribution in [1.82, 2.24) is 14.6 Å². The normalized spacial score (nSPS) is 16.3. The van der Waals surface area contributed by atoms with Gasteiger partial charge in [-0.2, -0.15) is 10.4 Å². The molecule has 142 valence electrons. The lowest BCUT2D eigenvalue weighted by molar-refractivity contribution is 0.158. The van der Waals surface area contributed by atoms with Gasteiger partial charge in [0, 0.05) is 12.0 Å². The molecule has 1 saturated heterocycles. The third-order valence-electron chi connectivity index (χ3n) is 5.31. The highest BCUT2D eigenvalue weighted by molar-refractivity contribution is 5.69. The Morgan fingerprint density at radius 3 is 2.79 bits per heavy atom. The van der Waals surface area contributed by atoms with Gasteiger partial charge in [0.05, 0.1) is 30.2 Å². The van der Waals surface area contributed by atoms with Crippen molar-refractivity contribution in [2.45, 2.75) is 19.4 Å². The van der Waals surface area contributed by atoms with E-state index in [1.165, 1.54) is 11.8 Å². The van der Waals surface area contributed by atoms with Crippen molar-refractivity contribution in [3.8, 4) is 17.3 Å². The number of fused-ring (bicyclic) bond motifs is 1. The minimum atomic E-state index is 0.180. The zero-order chi connectivity index (χ0) is 19.8. The van der Waals surface area contributed by atoms with Crippen LogP contribution in [0.25, 0.3) is 16.9 Å². The molecule has 0 unspecified atom stereocenters. The van der Waals surface area contributed by atoms with Gasteiger partial charge in [0.1, 0.15) is 6.07 Å². The van der Waals surface area contributed by atoms with E-state index >= 15 is 0 Å². The fourth-order valence-corrected chi connectivity index (χ4v) is 3.79. The van der Waals surface area contributed by atoms with Crippen LogP contribution in [-0.2, 0) is 4.84 Å². The number of imidazole rings is 1.